The fourth-order valence-corrected chi connectivity index (χ4v) is 1.17. The molecule has 0 radical (unpaired) electrons. The lowest BCUT2D eigenvalue weighted by Gasteiger charge is -2.28. The molecule has 1 aliphatic rings. The van der Waals surface area contributed by atoms with Crippen molar-refractivity contribution in [1.29, 1.82) is 0 Å². The van der Waals surface area contributed by atoms with Crippen LogP contribution in [-0.2, 0) is 14.4 Å². The Morgan fingerprint density at radius 1 is 1.69 bits per heavy atom. The number of carboxylic acid groups (broad SMARTS) is 1. The van der Waals surface area contributed by atoms with Gasteiger partial charge in [0, 0.05) is 7.05 Å². The van der Waals surface area contributed by atoms with E-state index in [0.717, 1.165) is 0 Å². The smallest absolute Gasteiger partial charge is 0.305 e. The first kappa shape index (κ1) is 9.50. The van der Waals surface area contributed by atoms with Gasteiger partial charge in [0.15, 0.2) is 0 Å². The molecule has 1 heterocycles. The molecule has 1 fully saturated rings. The molecular weight excluding hydrogens is 176 g/mol. The van der Waals surface area contributed by atoms with Crippen LogP contribution in [0.4, 0.5) is 0 Å². The van der Waals surface area contributed by atoms with Crippen LogP contribution in [0.2, 0.25) is 0 Å². The lowest BCUT2D eigenvalue weighted by Crippen LogP contribution is -2.57. The Balaban J connectivity index is 2.66. The van der Waals surface area contributed by atoms with Crippen LogP contribution in [0.3, 0.4) is 0 Å². The first-order valence-corrected chi connectivity index (χ1v) is 3.77. The van der Waals surface area contributed by atoms with Crippen molar-refractivity contribution in [2.24, 2.45) is 0 Å². The summed E-state index contributed by atoms with van der Waals surface area (Å²) in [7, 11) is 1.47. The van der Waals surface area contributed by atoms with Crippen molar-refractivity contribution >= 4 is 17.8 Å². The summed E-state index contributed by atoms with van der Waals surface area (Å²) in [5.74, 6) is -1.79. The van der Waals surface area contributed by atoms with Gasteiger partial charge >= 0.3 is 5.97 Å². The van der Waals surface area contributed by atoms with E-state index in [9.17, 15) is 14.4 Å². The SMILES string of the molecule is CN1CC(=O)N[C@@H](CC(=O)O)C1=O. The molecular formula is C7H10N2O4. The quantitative estimate of drug-likeness (QED) is 0.544. The molecule has 2 amide bonds. The maximum atomic E-state index is 11.3. The monoisotopic (exact) mass is 186 g/mol. The second-order valence-corrected chi connectivity index (χ2v) is 2.91. The molecule has 1 rings (SSSR count). The third-order valence-electron chi connectivity index (χ3n) is 1.77. The van der Waals surface area contributed by atoms with Gasteiger partial charge in [0.25, 0.3) is 0 Å². The summed E-state index contributed by atoms with van der Waals surface area (Å²) < 4.78 is 0. The zero-order valence-electron chi connectivity index (χ0n) is 7.11. The van der Waals surface area contributed by atoms with Crippen LogP contribution in [0.15, 0.2) is 0 Å². The molecule has 0 unspecified atom stereocenters. The Bertz CT molecular complexity index is 261. The van der Waals surface area contributed by atoms with Crippen molar-refractivity contribution in [3.63, 3.8) is 0 Å². The molecule has 1 atom stereocenters. The minimum Gasteiger partial charge on any atom is -0.481 e. The predicted octanol–water partition coefficient (Wildman–Crippen LogP) is -1.58. The number of nitrogens with one attached hydrogen (secondary N) is 1. The normalized spacial score (nSPS) is 22.8. The number of amides is 2. The number of carbonyl (C=O) groups excluding carboxylic acids is 2. The van der Waals surface area contributed by atoms with Crippen LogP contribution >= 0.6 is 0 Å². The number of piperazine rings is 1. The topological polar surface area (TPSA) is 86.7 Å². The number of likely N-dealkylation sites (N-methyl/N-ethyl adjacent to an activating group) is 1. The largest absolute Gasteiger partial charge is 0.481 e. The number of hydrogen-bond donors (Lipinski definition) is 2. The third kappa shape index (κ3) is 2.17. The van der Waals surface area contributed by atoms with Crippen LogP contribution in [0.25, 0.3) is 0 Å². The minimum atomic E-state index is -1.10. The third-order valence-corrected chi connectivity index (χ3v) is 1.77. The van der Waals surface area contributed by atoms with Crippen molar-refractivity contribution in [3.8, 4) is 0 Å². The standard InChI is InChI=1S/C7H10N2O4/c1-9-3-5(10)8-4(7(9)13)2-6(11)12/h4H,2-3H2,1H3,(H,8,10)(H,11,12)/t4-/m0/s1. The highest BCUT2D eigenvalue weighted by atomic mass is 16.4. The first-order valence-electron chi connectivity index (χ1n) is 3.77. The Hall–Kier alpha value is -1.59. The number of carbonyl (C=O) groups is 3. The molecule has 6 nitrogen and oxygen atoms in total. The first-order chi connectivity index (χ1) is 6.00. The molecule has 6 heteroatoms. The molecule has 72 valence electrons. The molecule has 0 aromatic heterocycles. The second kappa shape index (κ2) is 3.42. The lowest BCUT2D eigenvalue weighted by molar-refractivity contribution is -0.147. The van der Waals surface area contributed by atoms with Crippen LogP contribution in [0.1, 0.15) is 6.42 Å². The minimum absolute atomic E-state index is 0.00501. The van der Waals surface area contributed by atoms with Crippen molar-refractivity contribution < 1.29 is 19.5 Å². The fourth-order valence-electron chi connectivity index (χ4n) is 1.17. The second-order valence-electron chi connectivity index (χ2n) is 2.91. The van der Waals surface area contributed by atoms with Crippen LogP contribution < -0.4 is 5.32 Å². The molecule has 0 aromatic carbocycles. The van der Waals surface area contributed by atoms with Crippen LogP contribution in [0.5, 0.6) is 0 Å². The van der Waals surface area contributed by atoms with E-state index in [1.165, 1.54) is 11.9 Å². The summed E-state index contributed by atoms with van der Waals surface area (Å²) >= 11 is 0. The molecule has 0 aliphatic carbocycles. The molecule has 0 bridgehead atoms. The average Bonchev–Trinajstić information content (AvgIpc) is 1.98. The maximum Gasteiger partial charge on any atom is 0.305 e. The summed E-state index contributed by atoms with van der Waals surface area (Å²) in [6, 6.07) is -0.913. The Labute approximate surface area is 74.5 Å². The van der Waals surface area contributed by atoms with E-state index >= 15 is 0 Å². The number of aliphatic carboxylic acids is 1. The summed E-state index contributed by atoms with van der Waals surface area (Å²) in [5, 5.41) is 10.8. The van der Waals surface area contributed by atoms with Crippen LogP contribution in [-0.4, -0.2) is 47.4 Å². The number of carboxylic acids is 1. The summed E-state index contributed by atoms with van der Waals surface area (Å²) in [4.78, 5) is 33.7. The average molecular weight is 186 g/mol. The van der Waals surface area contributed by atoms with E-state index in [-0.39, 0.29) is 24.8 Å². The van der Waals surface area contributed by atoms with Crippen molar-refractivity contribution in [3.05, 3.63) is 0 Å². The summed E-state index contributed by atoms with van der Waals surface area (Å²) in [6.07, 6.45) is -0.366. The van der Waals surface area contributed by atoms with Gasteiger partial charge in [-0.3, -0.25) is 14.4 Å². The maximum absolute atomic E-state index is 11.3. The number of nitrogens with zero attached hydrogens (tertiary/aromatic N) is 1. The molecule has 13 heavy (non-hydrogen) atoms. The highest BCUT2D eigenvalue weighted by Gasteiger charge is 2.31. The van der Waals surface area contributed by atoms with Gasteiger partial charge in [0.1, 0.15) is 6.04 Å². The van der Waals surface area contributed by atoms with E-state index < -0.39 is 12.0 Å². The van der Waals surface area contributed by atoms with E-state index in [1.54, 1.807) is 0 Å². The Morgan fingerprint density at radius 2 is 2.31 bits per heavy atom. The van der Waals surface area contributed by atoms with Crippen molar-refractivity contribution in [2.45, 2.75) is 12.5 Å². The molecule has 0 saturated carbocycles. The lowest BCUT2D eigenvalue weighted by atomic mass is 10.1. The van der Waals surface area contributed by atoms with E-state index in [4.69, 9.17) is 5.11 Å². The van der Waals surface area contributed by atoms with Gasteiger partial charge in [0.2, 0.25) is 11.8 Å². The van der Waals surface area contributed by atoms with Crippen molar-refractivity contribution in [1.82, 2.24) is 10.2 Å². The number of hydrogen-bond acceptors (Lipinski definition) is 3. The highest BCUT2D eigenvalue weighted by Crippen LogP contribution is 2.03. The highest BCUT2D eigenvalue weighted by molar-refractivity contribution is 5.96. The van der Waals surface area contributed by atoms with Gasteiger partial charge in [-0.05, 0) is 0 Å². The van der Waals surface area contributed by atoms with Gasteiger partial charge in [-0.25, -0.2) is 0 Å². The molecule has 1 saturated heterocycles. The van der Waals surface area contributed by atoms with Gasteiger partial charge in [-0.1, -0.05) is 0 Å². The van der Waals surface area contributed by atoms with Crippen molar-refractivity contribution in [2.75, 3.05) is 13.6 Å². The molecule has 0 aromatic rings. The molecule has 2 N–H and O–H groups in total. The Kier molecular flexibility index (Phi) is 2.50. The van der Waals surface area contributed by atoms with Gasteiger partial charge in [0.05, 0.1) is 13.0 Å². The summed E-state index contributed by atoms with van der Waals surface area (Å²) in [6.45, 7) is -0.00501. The van der Waals surface area contributed by atoms with Gasteiger partial charge in [-0.15, -0.1) is 0 Å². The Morgan fingerprint density at radius 3 is 2.85 bits per heavy atom. The predicted molar refractivity (Wildman–Crippen MR) is 41.8 cm³/mol. The fraction of sp³-hybridized carbons (Fsp3) is 0.571. The van der Waals surface area contributed by atoms with Crippen LogP contribution in [0, 0.1) is 0 Å². The molecule has 0 spiro atoms. The zero-order chi connectivity index (χ0) is 10.0. The summed E-state index contributed by atoms with van der Waals surface area (Å²) in [5.41, 5.74) is 0. The van der Waals surface area contributed by atoms with E-state index in [2.05, 4.69) is 5.32 Å². The van der Waals surface area contributed by atoms with Gasteiger partial charge < -0.3 is 15.3 Å². The van der Waals surface area contributed by atoms with Gasteiger partial charge in [-0.2, -0.15) is 0 Å². The molecule has 1 aliphatic heterocycles. The van der Waals surface area contributed by atoms with E-state index in [0.29, 0.717) is 0 Å². The van der Waals surface area contributed by atoms with E-state index in [1.807, 2.05) is 0 Å². The number of rotatable bonds is 2. The zero-order valence-corrected chi connectivity index (χ0v) is 7.11.